The van der Waals surface area contributed by atoms with Crippen LogP contribution in [0.15, 0.2) is 29.3 Å². The summed E-state index contributed by atoms with van der Waals surface area (Å²) in [7, 11) is 0. The van der Waals surface area contributed by atoms with Crippen molar-refractivity contribution in [2.45, 2.75) is 40.3 Å². The zero-order valence-corrected chi connectivity index (χ0v) is 13.2. The molecular formula is C15H21N3OS. The Balaban J connectivity index is 2.19. The Morgan fingerprint density at radius 1 is 1.35 bits per heavy atom. The standard InChI is InChI=1S/C15H21N3OS/c1-10(2)9-18-8-7-16-14(15(18)19)17-12(4)13-6-5-11(3)20-13/h5-8,10,12H,9H2,1-4H3,(H,16,17). The number of aromatic nitrogens is 2. The van der Waals surface area contributed by atoms with Gasteiger partial charge in [0.25, 0.3) is 5.56 Å². The molecule has 2 aromatic heterocycles. The molecule has 2 aromatic rings. The van der Waals surface area contributed by atoms with Gasteiger partial charge in [-0.15, -0.1) is 11.3 Å². The molecule has 1 unspecified atom stereocenters. The van der Waals surface area contributed by atoms with Gasteiger partial charge in [-0.2, -0.15) is 0 Å². The summed E-state index contributed by atoms with van der Waals surface area (Å²) in [5, 5.41) is 3.22. The van der Waals surface area contributed by atoms with Crippen molar-refractivity contribution in [3.8, 4) is 0 Å². The molecular weight excluding hydrogens is 270 g/mol. The van der Waals surface area contributed by atoms with Gasteiger partial charge in [0, 0.05) is 28.7 Å². The normalized spacial score (nSPS) is 12.7. The highest BCUT2D eigenvalue weighted by molar-refractivity contribution is 7.12. The van der Waals surface area contributed by atoms with Gasteiger partial charge in [-0.25, -0.2) is 4.98 Å². The van der Waals surface area contributed by atoms with Crippen molar-refractivity contribution in [3.05, 3.63) is 44.6 Å². The summed E-state index contributed by atoms with van der Waals surface area (Å²) in [5.41, 5.74) is -0.0543. The van der Waals surface area contributed by atoms with Gasteiger partial charge in [-0.05, 0) is 31.9 Å². The van der Waals surface area contributed by atoms with E-state index in [2.05, 4.69) is 43.2 Å². The van der Waals surface area contributed by atoms with Crippen LogP contribution in [-0.2, 0) is 6.54 Å². The molecule has 0 fully saturated rings. The fraction of sp³-hybridized carbons (Fsp3) is 0.467. The van der Waals surface area contributed by atoms with Gasteiger partial charge in [0.15, 0.2) is 5.82 Å². The molecule has 1 atom stereocenters. The number of rotatable bonds is 5. The zero-order valence-electron chi connectivity index (χ0n) is 12.4. The Bertz CT molecular complexity index is 630. The quantitative estimate of drug-likeness (QED) is 0.918. The lowest BCUT2D eigenvalue weighted by atomic mass is 10.2. The van der Waals surface area contributed by atoms with Crippen molar-refractivity contribution in [3.63, 3.8) is 0 Å². The minimum atomic E-state index is -0.0543. The van der Waals surface area contributed by atoms with Crippen LogP contribution in [0.25, 0.3) is 0 Å². The van der Waals surface area contributed by atoms with E-state index in [0.717, 1.165) is 0 Å². The maximum Gasteiger partial charge on any atom is 0.293 e. The van der Waals surface area contributed by atoms with Gasteiger partial charge in [0.05, 0.1) is 6.04 Å². The van der Waals surface area contributed by atoms with E-state index in [1.54, 1.807) is 28.3 Å². The molecule has 0 aliphatic carbocycles. The van der Waals surface area contributed by atoms with Gasteiger partial charge in [-0.1, -0.05) is 13.8 Å². The molecule has 2 rings (SSSR count). The second-order valence-electron chi connectivity index (χ2n) is 5.44. The van der Waals surface area contributed by atoms with Crippen LogP contribution in [0, 0.1) is 12.8 Å². The number of anilines is 1. The molecule has 5 heteroatoms. The number of hydrogen-bond acceptors (Lipinski definition) is 4. The lowest BCUT2D eigenvalue weighted by Crippen LogP contribution is -2.26. The van der Waals surface area contributed by atoms with Crippen molar-refractivity contribution in [2.75, 3.05) is 5.32 Å². The van der Waals surface area contributed by atoms with Crippen LogP contribution in [-0.4, -0.2) is 9.55 Å². The van der Waals surface area contributed by atoms with Gasteiger partial charge in [0.2, 0.25) is 0 Å². The summed E-state index contributed by atoms with van der Waals surface area (Å²) in [6.07, 6.45) is 3.42. The van der Waals surface area contributed by atoms with Crippen molar-refractivity contribution < 1.29 is 0 Å². The predicted octanol–water partition coefficient (Wildman–Crippen LogP) is 3.44. The van der Waals surface area contributed by atoms with Crippen molar-refractivity contribution in [2.24, 2.45) is 5.92 Å². The molecule has 0 bridgehead atoms. The molecule has 0 saturated carbocycles. The lowest BCUT2D eigenvalue weighted by Gasteiger charge is -2.14. The molecule has 1 N–H and O–H groups in total. The van der Waals surface area contributed by atoms with Crippen LogP contribution in [0.2, 0.25) is 0 Å². The molecule has 0 saturated heterocycles. The molecule has 0 aliphatic rings. The van der Waals surface area contributed by atoms with E-state index in [0.29, 0.717) is 18.3 Å². The number of nitrogens with one attached hydrogen (secondary N) is 1. The average Bonchev–Trinajstić information content (AvgIpc) is 2.80. The zero-order chi connectivity index (χ0) is 14.7. The minimum absolute atomic E-state index is 0.0543. The highest BCUT2D eigenvalue weighted by Gasteiger charge is 2.12. The number of hydrogen-bond donors (Lipinski definition) is 1. The van der Waals surface area contributed by atoms with E-state index in [1.165, 1.54) is 9.75 Å². The van der Waals surface area contributed by atoms with Crippen molar-refractivity contribution in [1.29, 1.82) is 0 Å². The van der Waals surface area contributed by atoms with Gasteiger partial charge in [0.1, 0.15) is 0 Å². The smallest absolute Gasteiger partial charge is 0.293 e. The third-order valence-electron chi connectivity index (χ3n) is 3.02. The maximum atomic E-state index is 12.3. The van der Waals surface area contributed by atoms with Crippen LogP contribution in [0.3, 0.4) is 0 Å². The second kappa shape index (κ2) is 6.22. The summed E-state index contributed by atoms with van der Waals surface area (Å²) in [6, 6.07) is 4.27. The third-order valence-corrected chi connectivity index (χ3v) is 4.20. The molecule has 2 heterocycles. The molecule has 20 heavy (non-hydrogen) atoms. The minimum Gasteiger partial charge on any atom is -0.358 e. The highest BCUT2D eigenvalue weighted by Crippen LogP contribution is 2.24. The molecule has 0 aliphatic heterocycles. The van der Waals surface area contributed by atoms with E-state index in [-0.39, 0.29) is 11.6 Å². The Morgan fingerprint density at radius 3 is 2.70 bits per heavy atom. The van der Waals surface area contributed by atoms with Gasteiger partial charge >= 0.3 is 0 Å². The van der Waals surface area contributed by atoms with Crippen molar-refractivity contribution in [1.82, 2.24) is 9.55 Å². The number of nitrogens with zero attached hydrogens (tertiary/aromatic N) is 2. The van der Waals surface area contributed by atoms with E-state index < -0.39 is 0 Å². The first-order chi connectivity index (χ1) is 9.47. The highest BCUT2D eigenvalue weighted by atomic mass is 32.1. The SMILES string of the molecule is Cc1ccc(C(C)Nc2nccn(CC(C)C)c2=O)s1. The van der Waals surface area contributed by atoms with Gasteiger partial charge in [-0.3, -0.25) is 4.79 Å². The second-order valence-corrected chi connectivity index (χ2v) is 6.76. The summed E-state index contributed by atoms with van der Waals surface area (Å²) in [4.78, 5) is 19.0. The van der Waals surface area contributed by atoms with E-state index in [4.69, 9.17) is 0 Å². The van der Waals surface area contributed by atoms with Crippen LogP contribution in [0.1, 0.15) is 36.6 Å². The molecule has 108 valence electrons. The maximum absolute atomic E-state index is 12.3. The first-order valence-corrected chi connectivity index (χ1v) is 7.67. The summed E-state index contributed by atoms with van der Waals surface area (Å²) in [5.74, 6) is 0.854. The number of thiophene rings is 1. The largest absolute Gasteiger partial charge is 0.358 e. The summed E-state index contributed by atoms with van der Waals surface area (Å²) in [6.45, 7) is 9.03. The Kier molecular flexibility index (Phi) is 4.60. The summed E-state index contributed by atoms with van der Waals surface area (Å²) < 4.78 is 1.71. The lowest BCUT2D eigenvalue weighted by molar-refractivity contribution is 0.509. The fourth-order valence-electron chi connectivity index (χ4n) is 2.05. The van der Waals surface area contributed by atoms with E-state index in [9.17, 15) is 4.79 Å². The van der Waals surface area contributed by atoms with Crippen LogP contribution >= 0.6 is 11.3 Å². The topological polar surface area (TPSA) is 46.9 Å². The van der Waals surface area contributed by atoms with E-state index in [1.807, 2.05) is 6.92 Å². The molecule has 0 amide bonds. The third kappa shape index (κ3) is 3.48. The van der Waals surface area contributed by atoms with E-state index >= 15 is 0 Å². The summed E-state index contributed by atoms with van der Waals surface area (Å²) >= 11 is 1.74. The first kappa shape index (κ1) is 14.8. The Hall–Kier alpha value is -1.62. The first-order valence-electron chi connectivity index (χ1n) is 6.85. The van der Waals surface area contributed by atoms with Crippen molar-refractivity contribution >= 4 is 17.2 Å². The van der Waals surface area contributed by atoms with Gasteiger partial charge < -0.3 is 9.88 Å². The number of aryl methyl sites for hydroxylation is 1. The van der Waals surface area contributed by atoms with Crippen LogP contribution < -0.4 is 10.9 Å². The van der Waals surface area contributed by atoms with Crippen LogP contribution in [0.4, 0.5) is 5.82 Å². The monoisotopic (exact) mass is 291 g/mol. The Morgan fingerprint density at radius 2 is 2.10 bits per heavy atom. The average molecular weight is 291 g/mol. The van der Waals surface area contributed by atoms with Crippen LogP contribution in [0.5, 0.6) is 0 Å². The molecule has 4 nitrogen and oxygen atoms in total. The molecule has 0 radical (unpaired) electrons. The predicted molar refractivity (Wildman–Crippen MR) is 84.4 cm³/mol. The Labute approximate surface area is 123 Å². The fourth-order valence-corrected chi connectivity index (χ4v) is 2.93. The molecule has 0 spiro atoms. The molecule has 0 aromatic carbocycles.